The van der Waals surface area contributed by atoms with Gasteiger partial charge in [0.15, 0.2) is 0 Å². The van der Waals surface area contributed by atoms with Gasteiger partial charge >= 0.3 is 0 Å². The highest BCUT2D eigenvalue weighted by Gasteiger charge is 2.23. The predicted molar refractivity (Wildman–Crippen MR) is 55.7 cm³/mol. The number of likely N-dealkylation sites (tertiary alicyclic amines) is 1. The molecule has 1 fully saturated rings. The molecule has 0 aromatic carbocycles. The molecule has 0 bridgehead atoms. The average Bonchev–Trinajstić information content (AvgIpc) is 2.68. The Labute approximate surface area is 88.9 Å². The Morgan fingerprint density at radius 1 is 1.53 bits per heavy atom. The molecule has 3 nitrogen and oxygen atoms in total. The topological polar surface area (TPSA) is 25.4 Å². The maximum atomic E-state index is 12.1. The molecule has 15 heavy (non-hydrogen) atoms. The van der Waals surface area contributed by atoms with E-state index in [1.807, 2.05) is 18.2 Å². The summed E-state index contributed by atoms with van der Waals surface area (Å²) in [7, 11) is 0. The molecule has 1 aromatic heterocycles. The number of hydrogen-bond donors (Lipinski definition) is 0. The van der Waals surface area contributed by atoms with Crippen molar-refractivity contribution >= 4 is 0 Å². The molecule has 1 aliphatic rings. The van der Waals surface area contributed by atoms with Crippen LogP contribution in [0.25, 0.3) is 0 Å². The lowest BCUT2D eigenvalue weighted by atomic mass is 10.3. The molecule has 1 saturated heterocycles. The highest BCUT2D eigenvalue weighted by Crippen LogP contribution is 2.15. The molecule has 82 valence electrons. The van der Waals surface area contributed by atoms with Crippen molar-refractivity contribution in [3.8, 4) is 5.88 Å². The van der Waals surface area contributed by atoms with Crippen LogP contribution in [0.4, 0.5) is 4.39 Å². The molecule has 4 heteroatoms. The molecule has 0 saturated carbocycles. The summed E-state index contributed by atoms with van der Waals surface area (Å²) < 4.78 is 17.8. The molecule has 0 unspecified atom stereocenters. The van der Waals surface area contributed by atoms with Gasteiger partial charge in [0.1, 0.15) is 12.8 Å². The Balaban J connectivity index is 1.82. The van der Waals surface area contributed by atoms with Crippen LogP contribution < -0.4 is 4.74 Å². The zero-order valence-corrected chi connectivity index (χ0v) is 8.60. The van der Waals surface area contributed by atoms with E-state index < -0.39 is 0 Å². The summed E-state index contributed by atoms with van der Waals surface area (Å²) in [5.74, 6) is 0.657. The van der Waals surface area contributed by atoms with Crippen molar-refractivity contribution in [2.75, 3.05) is 26.3 Å². The van der Waals surface area contributed by atoms with Crippen molar-refractivity contribution < 1.29 is 9.13 Å². The van der Waals surface area contributed by atoms with E-state index in [0.29, 0.717) is 12.4 Å². The van der Waals surface area contributed by atoms with Crippen LogP contribution in [0.2, 0.25) is 0 Å². The second-order valence-corrected chi connectivity index (χ2v) is 3.69. The van der Waals surface area contributed by atoms with Gasteiger partial charge in [-0.2, -0.15) is 0 Å². The van der Waals surface area contributed by atoms with E-state index >= 15 is 0 Å². The number of aromatic nitrogens is 1. The zero-order chi connectivity index (χ0) is 10.5. The minimum atomic E-state index is -0.281. The first-order valence-corrected chi connectivity index (χ1v) is 5.24. The fourth-order valence-electron chi connectivity index (χ4n) is 1.80. The van der Waals surface area contributed by atoms with Crippen LogP contribution in [0, 0.1) is 0 Å². The van der Waals surface area contributed by atoms with Gasteiger partial charge in [-0.25, -0.2) is 9.37 Å². The first-order valence-electron chi connectivity index (χ1n) is 5.24. The molecule has 1 aromatic rings. The Hall–Kier alpha value is -1.16. The van der Waals surface area contributed by atoms with Crippen LogP contribution in [0.1, 0.15) is 6.42 Å². The molecule has 1 atom stereocenters. The lowest BCUT2D eigenvalue weighted by Gasteiger charge is -2.14. The maximum Gasteiger partial charge on any atom is 0.213 e. The van der Waals surface area contributed by atoms with Gasteiger partial charge in [0, 0.05) is 31.9 Å². The number of pyridine rings is 1. The van der Waals surface area contributed by atoms with Crippen LogP contribution >= 0.6 is 0 Å². The van der Waals surface area contributed by atoms with Crippen LogP contribution in [-0.2, 0) is 0 Å². The minimum absolute atomic E-state index is 0.159. The van der Waals surface area contributed by atoms with Crippen molar-refractivity contribution in [2.24, 2.45) is 0 Å². The summed E-state index contributed by atoms with van der Waals surface area (Å²) in [5, 5.41) is 0. The molecule has 2 heterocycles. The average molecular weight is 210 g/mol. The van der Waals surface area contributed by atoms with E-state index in [1.54, 1.807) is 6.20 Å². The Morgan fingerprint density at radius 3 is 3.20 bits per heavy atom. The van der Waals surface area contributed by atoms with Crippen LogP contribution in [0.15, 0.2) is 24.4 Å². The monoisotopic (exact) mass is 210 g/mol. The van der Waals surface area contributed by atoms with Crippen LogP contribution in [0.3, 0.4) is 0 Å². The molecule has 0 aliphatic carbocycles. The van der Waals surface area contributed by atoms with Gasteiger partial charge in [-0.05, 0) is 12.5 Å². The summed E-state index contributed by atoms with van der Waals surface area (Å²) in [6.45, 7) is 1.96. The normalized spacial score (nSPS) is 21.8. The highest BCUT2D eigenvalue weighted by atomic mass is 19.1. The minimum Gasteiger partial charge on any atom is -0.473 e. The second-order valence-electron chi connectivity index (χ2n) is 3.69. The van der Waals surface area contributed by atoms with Crippen molar-refractivity contribution in [1.29, 1.82) is 0 Å². The third-order valence-electron chi connectivity index (χ3n) is 2.56. The number of halogens is 1. The van der Waals surface area contributed by atoms with Gasteiger partial charge in [-0.1, -0.05) is 6.07 Å². The van der Waals surface area contributed by atoms with Gasteiger partial charge in [0.2, 0.25) is 5.88 Å². The Kier molecular flexibility index (Phi) is 3.50. The van der Waals surface area contributed by atoms with Gasteiger partial charge < -0.3 is 4.74 Å². The van der Waals surface area contributed by atoms with Crippen LogP contribution in [-0.4, -0.2) is 42.3 Å². The predicted octanol–water partition coefficient (Wildman–Crippen LogP) is 1.50. The van der Waals surface area contributed by atoms with Crippen molar-refractivity contribution in [2.45, 2.75) is 12.5 Å². The number of rotatable bonds is 4. The lowest BCUT2D eigenvalue weighted by Crippen LogP contribution is -2.26. The smallest absolute Gasteiger partial charge is 0.213 e. The van der Waals surface area contributed by atoms with Crippen molar-refractivity contribution in [3.05, 3.63) is 24.4 Å². The molecule has 0 amide bonds. The SMILES string of the molecule is FCCN1CC[C@@H](Oc2ccccn2)C1. The van der Waals surface area contributed by atoms with Crippen molar-refractivity contribution in [1.82, 2.24) is 9.88 Å². The lowest BCUT2D eigenvalue weighted by molar-refractivity contribution is 0.189. The standard InChI is InChI=1S/C11H15FN2O/c12-5-8-14-7-4-10(9-14)15-11-3-1-2-6-13-11/h1-3,6,10H,4-5,7-9H2/t10-/m1/s1. The van der Waals surface area contributed by atoms with Crippen molar-refractivity contribution in [3.63, 3.8) is 0 Å². The summed E-state index contributed by atoms with van der Waals surface area (Å²) in [5.41, 5.74) is 0. The largest absolute Gasteiger partial charge is 0.473 e. The Bertz CT molecular complexity index is 294. The summed E-state index contributed by atoms with van der Waals surface area (Å²) in [4.78, 5) is 6.18. The van der Waals surface area contributed by atoms with Gasteiger partial charge in [0.25, 0.3) is 0 Å². The summed E-state index contributed by atoms with van der Waals surface area (Å²) in [6.07, 6.45) is 2.83. The molecule has 0 N–H and O–H groups in total. The van der Waals surface area contributed by atoms with E-state index in [4.69, 9.17) is 4.74 Å². The van der Waals surface area contributed by atoms with E-state index in [-0.39, 0.29) is 12.8 Å². The fraction of sp³-hybridized carbons (Fsp3) is 0.545. The second kappa shape index (κ2) is 5.07. The molecule has 1 aliphatic heterocycles. The summed E-state index contributed by atoms with van der Waals surface area (Å²) >= 11 is 0. The zero-order valence-electron chi connectivity index (χ0n) is 8.60. The maximum absolute atomic E-state index is 12.1. The van der Waals surface area contributed by atoms with Gasteiger partial charge in [-0.3, -0.25) is 4.90 Å². The summed E-state index contributed by atoms with van der Waals surface area (Å²) in [6, 6.07) is 5.60. The highest BCUT2D eigenvalue weighted by molar-refractivity contribution is 5.10. The number of nitrogens with zero attached hydrogens (tertiary/aromatic N) is 2. The van der Waals surface area contributed by atoms with E-state index in [0.717, 1.165) is 19.5 Å². The first-order chi connectivity index (χ1) is 7.38. The molecule has 0 radical (unpaired) electrons. The number of hydrogen-bond acceptors (Lipinski definition) is 3. The number of ether oxygens (including phenoxy) is 1. The fourth-order valence-corrected chi connectivity index (χ4v) is 1.80. The van der Waals surface area contributed by atoms with Gasteiger partial charge in [0.05, 0.1) is 0 Å². The molecule has 0 spiro atoms. The van der Waals surface area contributed by atoms with E-state index in [1.165, 1.54) is 0 Å². The van der Waals surface area contributed by atoms with Crippen LogP contribution in [0.5, 0.6) is 5.88 Å². The molecule has 2 rings (SSSR count). The van der Waals surface area contributed by atoms with E-state index in [9.17, 15) is 4.39 Å². The Morgan fingerprint density at radius 2 is 2.47 bits per heavy atom. The first kappa shape index (κ1) is 10.4. The molecular weight excluding hydrogens is 195 g/mol. The third-order valence-corrected chi connectivity index (χ3v) is 2.56. The molecular formula is C11H15FN2O. The van der Waals surface area contributed by atoms with E-state index in [2.05, 4.69) is 9.88 Å². The number of alkyl halides is 1. The third kappa shape index (κ3) is 2.89. The quantitative estimate of drug-likeness (QED) is 0.753. The van der Waals surface area contributed by atoms with Gasteiger partial charge in [-0.15, -0.1) is 0 Å².